The highest BCUT2D eigenvalue weighted by atomic mass is 16.5. The number of hydrogen-bond acceptors (Lipinski definition) is 3. The fourth-order valence-corrected chi connectivity index (χ4v) is 1.67. The number of carbonyl (C=O) groups excluding carboxylic acids is 1. The third kappa shape index (κ3) is 4.49. The van der Waals surface area contributed by atoms with Crippen molar-refractivity contribution in [3.8, 4) is 5.75 Å². The molecule has 0 aliphatic rings. The van der Waals surface area contributed by atoms with E-state index in [4.69, 9.17) is 4.74 Å². The highest BCUT2D eigenvalue weighted by molar-refractivity contribution is 5.97. The Hall–Kier alpha value is -1.35. The van der Waals surface area contributed by atoms with Crippen molar-refractivity contribution in [2.75, 3.05) is 19.7 Å². The van der Waals surface area contributed by atoms with Gasteiger partial charge in [-0.2, -0.15) is 0 Å². The maximum Gasteiger partial charge on any atom is 0.166 e. The van der Waals surface area contributed by atoms with E-state index >= 15 is 0 Å². The van der Waals surface area contributed by atoms with Crippen molar-refractivity contribution >= 4 is 5.78 Å². The van der Waals surface area contributed by atoms with E-state index in [2.05, 4.69) is 12.2 Å². The molecule has 1 aromatic carbocycles. The van der Waals surface area contributed by atoms with Crippen LogP contribution in [0.15, 0.2) is 24.3 Å². The van der Waals surface area contributed by atoms with Crippen molar-refractivity contribution in [3.05, 3.63) is 29.8 Å². The number of ether oxygens (including phenoxy) is 1. The van der Waals surface area contributed by atoms with Crippen LogP contribution < -0.4 is 10.1 Å². The van der Waals surface area contributed by atoms with Gasteiger partial charge in [0.1, 0.15) is 5.75 Å². The molecule has 0 radical (unpaired) electrons. The number of benzene rings is 1. The Bertz CT molecular complexity index is 359. The molecule has 0 amide bonds. The summed E-state index contributed by atoms with van der Waals surface area (Å²) in [5.41, 5.74) is 0.754. The zero-order valence-corrected chi connectivity index (χ0v) is 11.5. The van der Waals surface area contributed by atoms with Crippen molar-refractivity contribution < 1.29 is 9.53 Å². The topological polar surface area (TPSA) is 38.3 Å². The summed E-state index contributed by atoms with van der Waals surface area (Å²) in [6.07, 6.45) is 0.987. The van der Waals surface area contributed by atoms with Crippen LogP contribution in [0.2, 0.25) is 0 Å². The van der Waals surface area contributed by atoms with E-state index in [1.165, 1.54) is 0 Å². The lowest BCUT2D eigenvalue weighted by molar-refractivity contribution is 0.0929. The van der Waals surface area contributed by atoms with Gasteiger partial charge in [-0.05, 0) is 37.2 Å². The fraction of sp³-hybridized carbons (Fsp3) is 0.533. The molecular formula is C15H23NO2. The average Bonchev–Trinajstić information content (AvgIpc) is 2.42. The molecule has 0 aliphatic carbocycles. The van der Waals surface area contributed by atoms with Crippen molar-refractivity contribution in [3.63, 3.8) is 0 Å². The van der Waals surface area contributed by atoms with Gasteiger partial charge in [-0.25, -0.2) is 0 Å². The first-order valence-electron chi connectivity index (χ1n) is 6.66. The molecular weight excluding hydrogens is 226 g/mol. The van der Waals surface area contributed by atoms with Gasteiger partial charge in [0.2, 0.25) is 0 Å². The summed E-state index contributed by atoms with van der Waals surface area (Å²) in [7, 11) is 0. The minimum absolute atomic E-state index is 0.00681. The van der Waals surface area contributed by atoms with E-state index in [0.29, 0.717) is 6.61 Å². The molecule has 1 aromatic rings. The van der Waals surface area contributed by atoms with Gasteiger partial charge in [0.05, 0.1) is 6.61 Å². The summed E-state index contributed by atoms with van der Waals surface area (Å²) in [4.78, 5) is 12.1. The molecule has 0 aromatic heterocycles. The lowest BCUT2D eigenvalue weighted by Crippen LogP contribution is -2.26. The minimum Gasteiger partial charge on any atom is -0.494 e. The summed E-state index contributed by atoms with van der Waals surface area (Å²) < 4.78 is 5.49. The van der Waals surface area contributed by atoms with Crippen LogP contribution in [0.4, 0.5) is 0 Å². The predicted octanol–water partition coefficient (Wildman–Crippen LogP) is 2.90. The Balaban J connectivity index is 2.58. The number of nitrogens with one attached hydrogen (secondary N) is 1. The standard InChI is InChI=1S/C15H23NO2/c1-4-10-18-14-8-6-13(7-9-14)15(17)12(3)11-16-5-2/h6-9,12,16H,4-5,10-11H2,1-3H3. The third-order valence-corrected chi connectivity index (χ3v) is 2.76. The summed E-state index contributed by atoms with van der Waals surface area (Å²) >= 11 is 0. The minimum atomic E-state index is 0.00681. The molecule has 0 fully saturated rings. The summed E-state index contributed by atoms with van der Waals surface area (Å²) in [6.45, 7) is 8.39. The summed E-state index contributed by atoms with van der Waals surface area (Å²) in [6, 6.07) is 7.41. The molecule has 3 nitrogen and oxygen atoms in total. The van der Waals surface area contributed by atoms with Crippen LogP contribution in [-0.2, 0) is 0 Å². The van der Waals surface area contributed by atoms with Gasteiger partial charge < -0.3 is 10.1 Å². The maximum absolute atomic E-state index is 12.1. The quantitative estimate of drug-likeness (QED) is 0.720. The van der Waals surface area contributed by atoms with Crippen molar-refractivity contribution in [2.45, 2.75) is 27.2 Å². The maximum atomic E-state index is 12.1. The monoisotopic (exact) mass is 249 g/mol. The van der Waals surface area contributed by atoms with E-state index in [0.717, 1.165) is 30.8 Å². The average molecular weight is 249 g/mol. The predicted molar refractivity (Wildman–Crippen MR) is 74.3 cm³/mol. The van der Waals surface area contributed by atoms with Crippen LogP contribution in [0.5, 0.6) is 5.75 Å². The Morgan fingerprint density at radius 1 is 1.28 bits per heavy atom. The van der Waals surface area contributed by atoms with Crippen molar-refractivity contribution in [2.24, 2.45) is 5.92 Å². The van der Waals surface area contributed by atoms with Crippen LogP contribution >= 0.6 is 0 Å². The molecule has 1 atom stereocenters. The van der Waals surface area contributed by atoms with Crippen LogP contribution in [0.1, 0.15) is 37.6 Å². The SMILES string of the molecule is CCCOc1ccc(C(=O)C(C)CNCC)cc1. The third-order valence-electron chi connectivity index (χ3n) is 2.76. The fourth-order valence-electron chi connectivity index (χ4n) is 1.67. The van der Waals surface area contributed by atoms with Gasteiger partial charge in [-0.1, -0.05) is 20.8 Å². The second-order valence-corrected chi connectivity index (χ2v) is 4.45. The number of hydrogen-bond donors (Lipinski definition) is 1. The Kier molecular flexibility index (Phi) is 6.44. The summed E-state index contributed by atoms with van der Waals surface area (Å²) in [5.74, 6) is 1.01. The lowest BCUT2D eigenvalue weighted by Gasteiger charge is -2.11. The largest absolute Gasteiger partial charge is 0.494 e. The number of carbonyl (C=O) groups is 1. The first kappa shape index (κ1) is 14.7. The first-order valence-corrected chi connectivity index (χ1v) is 6.66. The van der Waals surface area contributed by atoms with Crippen molar-refractivity contribution in [1.29, 1.82) is 0 Å². The highest BCUT2D eigenvalue weighted by Gasteiger charge is 2.14. The van der Waals surface area contributed by atoms with Crippen LogP contribution in [0, 0.1) is 5.92 Å². The van der Waals surface area contributed by atoms with E-state index in [1.54, 1.807) is 0 Å². The van der Waals surface area contributed by atoms with Gasteiger partial charge in [0.15, 0.2) is 5.78 Å². The van der Waals surface area contributed by atoms with Gasteiger partial charge >= 0.3 is 0 Å². The van der Waals surface area contributed by atoms with Gasteiger partial charge in [0, 0.05) is 18.0 Å². The molecule has 0 heterocycles. The molecule has 0 saturated carbocycles. The molecule has 18 heavy (non-hydrogen) atoms. The number of ketones is 1. The van der Waals surface area contributed by atoms with Crippen LogP contribution in [0.25, 0.3) is 0 Å². The van der Waals surface area contributed by atoms with E-state index in [1.807, 2.05) is 38.1 Å². The first-order chi connectivity index (χ1) is 8.69. The van der Waals surface area contributed by atoms with E-state index < -0.39 is 0 Å². The molecule has 1 rings (SSSR count). The van der Waals surface area contributed by atoms with Gasteiger partial charge in [-0.15, -0.1) is 0 Å². The Morgan fingerprint density at radius 2 is 1.94 bits per heavy atom. The normalized spacial score (nSPS) is 12.2. The second kappa shape index (κ2) is 7.88. The van der Waals surface area contributed by atoms with Crippen LogP contribution in [0.3, 0.4) is 0 Å². The summed E-state index contributed by atoms with van der Waals surface area (Å²) in [5, 5.41) is 3.19. The smallest absolute Gasteiger partial charge is 0.166 e. The number of rotatable bonds is 8. The van der Waals surface area contributed by atoms with Crippen LogP contribution in [-0.4, -0.2) is 25.5 Å². The molecule has 0 bridgehead atoms. The molecule has 1 unspecified atom stereocenters. The Morgan fingerprint density at radius 3 is 2.50 bits per heavy atom. The lowest BCUT2D eigenvalue weighted by atomic mass is 9.99. The molecule has 100 valence electrons. The number of Topliss-reactive ketones (excluding diaryl/α,β-unsaturated/α-hetero) is 1. The molecule has 0 spiro atoms. The molecule has 3 heteroatoms. The van der Waals surface area contributed by atoms with E-state index in [9.17, 15) is 4.79 Å². The zero-order chi connectivity index (χ0) is 13.4. The molecule has 0 aliphatic heterocycles. The van der Waals surface area contributed by atoms with E-state index in [-0.39, 0.29) is 11.7 Å². The molecule has 0 saturated heterocycles. The second-order valence-electron chi connectivity index (χ2n) is 4.45. The van der Waals surface area contributed by atoms with Gasteiger partial charge in [0.25, 0.3) is 0 Å². The molecule has 1 N–H and O–H groups in total. The highest BCUT2D eigenvalue weighted by Crippen LogP contribution is 2.15. The Labute approximate surface area is 110 Å². The van der Waals surface area contributed by atoms with Gasteiger partial charge in [-0.3, -0.25) is 4.79 Å². The zero-order valence-electron chi connectivity index (χ0n) is 11.5. The van der Waals surface area contributed by atoms with Crippen molar-refractivity contribution in [1.82, 2.24) is 5.32 Å².